The van der Waals surface area contributed by atoms with E-state index in [4.69, 9.17) is 0 Å². The summed E-state index contributed by atoms with van der Waals surface area (Å²) in [5.41, 5.74) is 57.3. The lowest BCUT2D eigenvalue weighted by atomic mass is 8.23. The van der Waals surface area contributed by atoms with E-state index >= 15 is 0 Å². The Morgan fingerprint density at radius 3 is 1.24 bits per heavy atom. The quantitative estimate of drug-likeness (QED) is 0.237. The minimum atomic E-state index is 0.915. The largest absolute Gasteiger partial charge is 0.0616 e. The van der Waals surface area contributed by atoms with Gasteiger partial charge in [0, 0.05) is 0 Å². The van der Waals surface area contributed by atoms with Gasteiger partial charge in [-0.3, -0.25) is 0 Å². The van der Waals surface area contributed by atoms with Gasteiger partial charge in [-0.05, 0) is 491 Å². The summed E-state index contributed by atoms with van der Waals surface area (Å²) in [6, 6.07) is 0. The summed E-state index contributed by atoms with van der Waals surface area (Å²) >= 11 is 0. The summed E-state index contributed by atoms with van der Waals surface area (Å²) in [6.45, 7) is 7.21. The predicted octanol–water partition coefficient (Wildman–Crippen LogP) is 7.48. The Kier molecular flexibility index (Phi) is 1.30. The van der Waals surface area contributed by atoms with Gasteiger partial charge < -0.3 is 0 Å². The first-order valence-electron chi connectivity index (χ1n) is 44.1. The second-order valence-corrected chi connectivity index (χ2v) is 59.2. The number of rotatable bonds is 0. The average molecular weight is 1120 g/mol. The minimum Gasteiger partial charge on any atom is -0.0616 e. The van der Waals surface area contributed by atoms with Crippen LogP contribution in [0.2, 0.25) is 0 Å². The minimum absolute atomic E-state index is 0.915. The summed E-state index contributed by atoms with van der Waals surface area (Å²) < 4.78 is 0. The summed E-state index contributed by atoms with van der Waals surface area (Å²) in [5, 5.41) is 0. The van der Waals surface area contributed by atoms with Crippen molar-refractivity contribution in [2.75, 3.05) is 0 Å². The molecule has 67 saturated carbocycles. The Labute approximate surface area is 501 Å². The molecule has 82 unspecified atom stereocenters. The molecule has 0 nitrogen and oxygen atoms in total. The lowest BCUT2D eigenvalue weighted by Crippen LogP contribution is -3.76. The third kappa shape index (κ3) is 0.546. The van der Waals surface area contributed by atoms with Crippen LogP contribution in [0.5, 0.6) is 0 Å². The maximum Gasteiger partial charge on any atom is -0.0000251 e. The van der Waals surface area contributed by atoms with Gasteiger partial charge in [0.2, 0.25) is 0 Å². The smallest absolute Gasteiger partial charge is 0.0000251 e. The molecule has 89 heavy (non-hydrogen) atoms. The Balaban J connectivity index is 0.643. The van der Waals surface area contributed by atoms with Gasteiger partial charge in [-0.25, -0.2) is 0 Å². The van der Waals surface area contributed by atoms with Crippen LogP contribution in [0.25, 0.3) is 0 Å². The zero-order valence-corrected chi connectivity index (χ0v) is 48.9. The predicted molar refractivity (Wildman–Crippen MR) is 274 cm³/mol. The van der Waals surface area contributed by atoms with E-state index in [2.05, 4.69) is 13.8 Å². The highest BCUT2D eigenvalue weighted by Gasteiger charge is 3.84. The van der Waals surface area contributed by atoms with Crippen LogP contribution in [0.1, 0.15) is 46.0 Å². The molecule has 51 spiro atoms. The molecule has 0 N–H and O–H groups in total. The molecule has 0 aromatic heterocycles. The van der Waals surface area contributed by atoms with Crippen LogP contribution in [0.4, 0.5) is 0 Å². The highest BCUT2D eigenvalue weighted by Crippen LogP contribution is 3.87. The second kappa shape index (κ2) is 4.02. The van der Waals surface area contributed by atoms with Crippen molar-refractivity contribution < 1.29 is 0 Å². The first kappa shape index (κ1) is 28.7. The molecule has 0 aromatic rings. The van der Waals surface area contributed by atoms with Crippen molar-refractivity contribution in [3.8, 4) is 0 Å². The summed E-state index contributed by atoms with van der Waals surface area (Å²) in [5.74, 6) is 42.2. The number of hydrogen-bond donors (Lipinski definition) is 0. The Morgan fingerprint density at radius 2 is 0.596 bits per heavy atom. The van der Waals surface area contributed by atoms with E-state index in [9.17, 15) is 0 Å². The van der Waals surface area contributed by atoms with Crippen LogP contribution in [-0.2, 0) is 0 Å². The zero-order chi connectivity index (χ0) is 48.9. The third-order valence-electron chi connectivity index (χ3n) is 81.4. The van der Waals surface area contributed by atoms with E-state index in [0.717, 1.165) is 282 Å². The fourth-order valence-corrected chi connectivity index (χ4v) is 107. The van der Waals surface area contributed by atoms with Gasteiger partial charge in [-0.2, -0.15) is 0 Å². The molecule has 402 valence electrons. The molecule has 0 heteroatoms. The fourth-order valence-electron chi connectivity index (χ4n) is 107. The SMILES string of the molecule is CC1C2C3C4C5CC6C7C8C9C%10CC%11C%12C%13C%14C%15C%16C%17C%18C%19C%20C%21CC%22C%23CC%24C%25C%26C%27CC%28%29C%30(C)C1%31C21C32C43C65C74C85C96C%10%11C%127C%138C%149C%15%10C%16%11C%17%12C%18%13C%19%14C%20%15C%22%21C%16C%17C%23%18C%24C%25%19C%26%20C%27%28C%21%22C%29%23C%30%24C%31%25C1%26C21C43C52C67C83C94C%105C%116C%127C%138C%149C%16%15C%17%10C%18%19C%20%21C%109C8%22C%237C%246C%255C%264C213. The maximum absolute atomic E-state index is 3.78. The molecule has 67 rings (SSSR count). The van der Waals surface area contributed by atoms with E-state index < -0.39 is 0 Å². The van der Waals surface area contributed by atoms with E-state index in [1.54, 1.807) is 0 Å². The molecule has 0 heterocycles. The van der Waals surface area contributed by atoms with Crippen molar-refractivity contribution in [2.24, 2.45) is 405 Å². The summed E-state index contributed by atoms with van der Waals surface area (Å²) in [6.07, 6.45) is 9.73. The Hall–Kier alpha value is 0. The van der Waals surface area contributed by atoms with Crippen molar-refractivity contribution in [1.29, 1.82) is 0 Å². The second-order valence-electron chi connectivity index (χ2n) is 59.2. The highest BCUT2D eigenvalue weighted by molar-refractivity contribution is 6.57. The van der Waals surface area contributed by atoms with Crippen molar-refractivity contribution in [1.82, 2.24) is 0 Å². The monoisotopic (exact) mass is 1110 g/mol. The molecule has 0 aliphatic heterocycles. The molecule has 0 aromatic carbocycles. The van der Waals surface area contributed by atoms with Crippen molar-refractivity contribution in [3.05, 3.63) is 54.1 Å². The van der Waals surface area contributed by atoms with Crippen LogP contribution in [0.15, 0.2) is 0 Å². The fraction of sp³-hybridized carbons (Fsp3) is 1.00. The molecular weight excluding hydrogens is 1070 g/mol. The average Bonchev–Trinajstić information content (AvgIpc) is 0.453. The lowest BCUT2D eigenvalue weighted by molar-refractivity contribution is -1.21. The van der Waals surface area contributed by atoms with Crippen LogP contribution in [0, 0.1) is 459 Å². The van der Waals surface area contributed by atoms with Crippen molar-refractivity contribution in [2.45, 2.75) is 46.0 Å². The molecule has 82 atom stereocenters. The molecule has 67 aliphatic rings. The molecule has 0 amide bonds. The van der Waals surface area contributed by atoms with E-state index in [-0.39, 0.29) is 0 Å². The molecular formula is C89H46. The van der Waals surface area contributed by atoms with Crippen LogP contribution in [-0.4, -0.2) is 0 Å². The number of hydrogen-bond acceptors (Lipinski definition) is 0. The third-order valence-corrected chi connectivity index (χ3v) is 81.4. The van der Waals surface area contributed by atoms with Gasteiger partial charge in [-0.15, -0.1) is 0 Å². The van der Waals surface area contributed by atoms with E-state index in [1.807, 2.05) is 32.1 Å². The highest BCUT2D eigenvalue weighted by atomic mass is 15.9. The van der Waals surface area contributed by atoms with Gasteiger partial charge in [0.25, 0.3) is 0 Å². The molecule has 0 saturated heterocycles. The van der Waals surface area contributed by atoms with Gasteiger partial charge in [0.15, 0.2) is 0 Å². The first-order valence-corrected chi connectivity index (χ1v) is 44.1. The molecule has 0 bridgehead atoms. The first-order chi connectivity index (χ1) is 44.1. The normalized spacial score (nSPS) is 150. The van der Waals surface area contributed by atoms with Crippen molar-refractivity contribution in [3.63, 3.8) is 0 Å². The lowest BCUT2D eigenvalue weighted by Gasteiger charge is -3.78. The van der Waals surface area contributed by atoms with Gasteiger partial charge in [0.1, 0.15) is 0 Å². The van der Waals surface area contributed by atoms with Gasteiger partial charge in [-0.1, -0.05) is 13.8 Å². The molecule has 67 aliphatic carbocycles. The molecule has 67 fully saturated rings. The molecule has 0 radical (unpaired) electrons. The summed E-state index contributed by atoms with van der Waals surface area (Å²) in [4.78, 5) is 0. The van der Waals surface area contributed by atoms with E-state index in [1.165, 1.54) is 178 Å². The van der Waals surface area contributed by atoms with Gasteiger partial charge in [0.05, 0.1) is 0 Å². The maximum atomic E-state index is 3.78. The summed E-state index contributed by atoms with van der Waals surface area (Å²) in [7, 11) is 0. The van der Waals surface area contributed by atoms with Crippen LogP contribution in [0.3, 0.4) is 0 Å². The Bertz CT molecular complexity index is 7050. The standard InChI is InChI=1S/C89H46/c1-8-18-26-21-13-5-14-22-27-23-15-6-16-24-29-31-33-34-32-30-28-20-12-4-11-10-3-9-19-25-17-7-39-38(2)45(8)53(18)56(26)50(21)42(13,14)48(22)55(27)49(23)43(15,16)51(24)57(29)59(31)61(33)62(34)60(32)58(30)54(28)47(20)40(11,12)36-37-41(10)35(9)44(19)52(25)46(17,39)72-66(39)65(38)71(45)78(53)75(56)68(48,50)74(55)69(49,51)76(57)80(59)82(61)81(62)79(60)77(58)70(54)63(36,47)64(37)67(41,44)73(52,72)83(64,70)86(72,77)85(66,79)84(65,81)88(71,82)89(78,80)87(74,75)76/h8-37H,3-7H2,1-2H3. The van der Waals surface area contributed by atoms with Crippen LogP contribution < -0.4 is 0 Å². The number of fused-ring (bicyclic) bond motifs is 21. The Morgan fingerprint density at radius 1 is 0.213 bits per heavy atom. The van der Waals surface area contributed by atoms with Crippen LogP contribution >= 0.6 is 0 Å². The zero-order valence-electron chi connectivity index (χ0n) is 48.9. The van der Waals surface area contributed by atoms with E-state index in [0.29, 0.717) is 0 Å². The van der Waals surface area contributed by atoms with Gasteiger partial charge >= 0.3 is 0 Å². The topological polar surface area (TPSA) is 0 Å². The van der Waals surface area contributed by atoms with Crippen molar-refractivity contribution >= 4 is 0 Å².